The van der Waals surface area contributed by atoms with Crippen LogP contribution in [-0.4, -0.2) is 89.3 Å². The third-order valence-electron chi connectivity index (χ3n) is 10.9. The van der Waals surface area contributed by atoms with Crippen molar-refractivity contribution in [2.45, 2.75) is 172 Å². The van der Waals surface area contributed by atoms with Crippen LogP contribution in [0.1, 0.15) is 93.4 Å². The number of hydrogen-bond acceptors (Lipinski definition) is 7. The second-order valence-corrected chi connectivity index (χ2v) is 27.0. The summed E-state index contributed by atoms with van der Waals surface area (Å²) in [5.74, 6) is 3.69. The van der Waals surface area contributed by atoms with Gasteiger partial charge in [0.2, 0.25) is 0 Å². The maximum Gasteiger partial charge on any atom is 0.381 e. The molecular formula is C42H70O8Si2. The van der Waals surface area contributed by atoms with Crippen LogP contribution in [0.3, 0.4) is 0 Å². The Hall–Kier alpha value is -2.08. The van der Waals surface area contributed by atoms with E-state index >= 15 is 0 Å². The zero-order valence-electron chi connectivity index (χ0n) is 34.3. The number of carboxylic acid groups (broad SMARTS) is 1. The van der Waals surface area contributed by atoms with E-state index in [1.54, 1.807) is 7.11 Å². The van der Waals surface area contributed by atoms with E-state index in [2.05, 4.69) is 111 Å². The van der Waals surface area contributed by atoms with Crippen LogP contribution < -0.4 is 0 Å². The summed E-state index contributed by atoms with van der Waals surface area (Å²) >= 11 is 0. The SMILES string of the molecule is C=C(CCC[C@H]1O[C@H](CC#CC(=O)O)C=C[C@@H]1OC)CC(C=CC[C@H](O)[C@H](C=C[C@@H]1CC(C)=CCO1)O[Si](C)(C)C(C)(C)C)O[Si](C)(C)C(C)(C)C. The lowest BCUT2D eigenvalue weighted by atomic mass is 9.98. The molecule has 10 heteroatoms. The van der Waals surface area contributed by atoms with Gasteiger partial charge in [-0.25, -0.2) is 4.79 Å². The minimum Gasteiger partial charge on any atom is -0.472 e. The van der Waals surface area contributed by atoms with Crippen LogP contribution in [0.25, 0.3) is 0 Å². The van der Waals surface area contributed by atoms with Gasteiger partial charge >= 0.3 is 5.97 Å². The minimum atomic E-state index is -2.18. The normalized spacial score (nSPS) is 23.6. The molecule has 0 saturated heterocycles. The Morgan fingerprint density at radius 3 is 2.33 bits per heavy atom. The van der Waals surface area contributed by atoms with Crippen molar-refractivity contribution in [3.63, 3.8) is 0 Å². The molecule has 0 radical (unpaired) electrons. The van der Waals surface area contributed by atoms with Gasteiger partial charge in [-0.05, 0) is 81.7 Å². The lowest BCUT2D eigenvalue weighted by Gasteiger charge is -2.40. The van der Waals surface area contributed by atoms with Crippen LogP contribution in [-0.2, 0) is 27.9 Å². The van der Waals surface area contributed by atoms with Gasteiger partial charge < -0.3 is 33.3 Å². The molecule has 0 aromatic carbocycles. The van der Waals surface area contributed by atoms with Gasteiger partial charge in [-0.3, -0.25) is 0 Å². The molecule has 52 heavy (non-hydrogen) atoms. The quantitative estimate of drug-likeness (QED) is 0.0811. The molecule has 0 amide bonds. The zero-order chi connectivity index (χ0) is 39.3. The Morgan fingerprint density at radius 2 is 1.73 bits per heavy atom. The predicted molar refractivity (Wildman–Crippen MR) is 217 cm³/mol. The Labute approximate surface area is 318 Å². The van der Waals surface area contributed by atoms with Gasteiger partial charge in [0, 0.05) is 19.5 Å². The van der Waals surface area contributed by atoms with Gasteiger partial charge in [0.05, 0.1) is 43.2 Å². The Morgan fingerprint density at radius 1 is 1.08 bits per heavy atom. The monoisotopic (exact) mass is 758 g/mol. The molecule has 2 rings (SSSR count). The highest BCUT2D eigenvalue weighted by Crippen LogP contribution is 2.39. The molecule has 7 atom stereocenters. The maximum atomic E-state index is 11.6. The van der Waals surface area contributed by atoms with Crippen molar-refractivity contribution in [2.24, 2.45) is 0 Å². The molecule has 0 bridgehead atoms. The van der Waals surface area contributed by atoms with Gasteiger partial charge in [-0.2, -0.15) is 0 Å². The number of rotatable bonds is 18. The lowest BCUT2D eigenvalue weighted by molar-refractivity contribution is -0.130. The van der Waals surface area contributed by atoms with Crippen LogP contribution in [0.5, 0.6) is 0 Å². The molecule has 1 unspecified atom stereocenters. The van der Waals surface area contributed by atoms with E-state index in [9.17, 15) is 9.90 Å². The predicted octanol–water partition coefficient (Wildman–Crippen LogP) is 9.30. The summed E-state index contributed by atoms with van der Waals surface area (Å²) in [6.45, 7) is 29.5. The molecule has 0 aliphatic carbocycles. The van der Waals surface area contributed by atoms with Crippen LogP contribution in [0.2, 0.25) is 36.3 Å². The largest absolute Gasteiger partial charge is 0.472 e. The molecule has 8 nitrogen and oxygen atoms in total. The number of carbonyl (C=O) groups is 1. The van der Waals surface area contributed by atoms with E-state index < -0.39 is 34.8 Å². The van der Waals surface area contributed by atoms with Gasteiger partial charge in [0.25, 0.3) is 0 Å². The Balaban J connectivity index is 2.14. The van der Waals surface area contributed by atoms with Crippen LogP contribution in [0.4, 0.5) is 0 Å². The van der Waals surface area contributed by atoms with E-state index in [4.69, 9.17) is 28.2 Å². The highest BCUT2D eigenvalue weighted by atomic mass is 28.4. The van der Waals surface area contributed by atoms with Gasteiger partial charge in [0.1, 0.15) is 6.10 Å². The smallest absolute Gasteiger partial charge is 0.381 e. The fourth-order valence-electron chi connectivity index (χ4n) is 5.55. The third kappa shape index (κ3) is 15.7. The van der Waals surface area contributed by atoms with Crippen molar-refractivity contribution in [3.05, 3.63) is 60.3 Å². The highest BCUT2D eigenvalue weighted by molar-refractivity contribution is 6.74. The summed E-state index contributed by atoms with van der Waals surface area (Å²) in [5, 5.41) is 20.5. The van der Waals surface area contributed by atoms with Crippen LogP contribution in [0, 0.1) is 11.8 Å². The summed E-state index contributed by atoms with van der Waals surface area (Å²) in [7, 11) is -2.63. The summed E-state index contributed by atoms with van der Waals surface area (Å²) in [5.41, 5.74) is 2.41. The fraction of sp³-hybridized carbons (Fsp3) is 0.690. The number of aliphatic carboxylic acids is 1. The molecule has 294 valence electrons. The molecule has 2 aliphatic heterocycles. The number of carboxylic acids is 1. The van der Waals surface area contributed by atoms with Gasteiger partial charge in [0.15, 0.2) is 16.6 Å². The number of methoxy groups -OCH3 is 1. The lowest BCUT2D eigenvalue weighted by Crippen LogP contribution is -2.46. The summed E-state index contributed by atoms with van der Waals surface area (Å²) < 4.78 is 31.5. The number of aliphatic hydroxyl groups is 1. The van der Waals surface area contributed by atoms with E-state index in [0.717, 1.165) is 31.3 Å². The first-order chi connectivity index (χ1) is 24.0. The van der Waals surface area contributed by atoms with E-state index in [1.807, 2.05) is 24.3 Å². The molecule has 2 aliphatic rings. The Bertz CT molecular complexity index is 1340. The second-order valence-electron chi connectivity index (χ2n) is 17.5. The first kappa shape index (κ1) is 46.1. The number of aliphatic hydroxyl groups excluding tert-OH is 1. The molecule has 2 heterocycles. The molecule has 0 spiro atoms. The second kappa shape index (κ2) is 20.6. The van der Waals surface area contributed by atoms with Crippen molar-refractivity contribution in [1.82, 2.24) is 0 Å². The molecule has 0 aromatic rings. The average Bonchev–Trinajstić information content (AvgIpc) is 3.01. The average molecular weight is 759 g/mol. The summed E-state index contributed by atoms with van der Waals surface area (Å²) in [6, 6.07) is 0. The zero-order valence-corrected chi connectivity index (χ0v) is 36.3. The standard InChI is InChI=1S/C42H70O8Si2/c1-31(17-14-21-39-38(46-9)26-23-33(48-39)18-16-22-40(44)45)30-35(49-51(10,11)41(3,4)5)19-15-20-36(43)37(50-52(12,13)42(6,7)8)25-24-34-29-32(2)27-28-47-34/h15,19,23-27,33-39,43H,1,14,17-18,20-21,28-30H2,2-13H3,(H,44,45)/t33-,34-,35?,36+,37+,38+,39-/m1/s1. The summed E-state index contributed by atoms with van der Waals surface area (Å²) in [4.78, 5) is 10.8. The van der Waals surface area contributed by atoms with Crippen LogP contribution >= 0.6 is 0 Å². The minimum absolute atomic E-state index is 0.000403. The van der Waals surface area contributed by atoms with Crippen LogP contribution in [0.15, 0.2) is 60.3 Å². The Kier molecular flexibility index (Phi) is 18.2. The number of hydrogen-bond donors (Lipinski definition) is 2. The first-order valence-electron chi connectivity index (χ1n) is 19.0. The molecule has 0 saturated carbocycles. The van der Waals surface area contributed by atoms with Crippen molar-refractivity contribution in [2.75, 3.05) is 13.7 Å². The van der Waals surface area contributed by atoms with E-state index in [-0.39, 0.29) is 40.6 Å². The number of ether oxygens (including phenoxy) is 3. The van der Waals surface area contributed by atoms with Crippen molar-refractivity contribution < 1.29 is 38.1 Å². The topological polar surface area (TPSA) is 104 Å². The fourth-order valence-corrected chi connectivity index (χ4v) is 8.09. The molecule has 0 aromatic heterocycles. The third-order valence-corrected chi connectivity index (χ3v) is 19.9. The van der Waals surface area contributed by atoms with E-state index in [0.29, 0.717) is 25.9 Å². The van der Waals surface area contributed by atoms with Gasteiger partial charge in [-0.15, -0.1) is 0 Å². The van der Waals surface area contributed by atoms with E-state index in [1.165, 1.54) is 5.57 Å². The van der Waals surface area contributed by atoms with Crippen molar-refractivity contribution >= 4 is 22.6 Å². The molecule has 0 fully saturated rings. The molecule has 2 N–H and O–H groups in total. The highest BCUT2D eigenvalue weighted by Gasteiger charge is 2.41. The van der Waals surface area contributed by atoms with Crippen molar-refractivity contribution in [1.29, 1.82) is 0 Å². The first-order valence-corrected chi connectivity index (χ1v) is 24.8. The molecular weight excluding hydrogens is 689 g/mol. The summed E-state index contributed by atoms with van der Waals surface area (Å²) in [6.07, 6.45) is 17.0. The maximum absolute atomic E-state index is 11.6. The van der Waals surface area contributed by atoms with Crippen molar-refractivity contribution in [3.8, 4) is 11.8 Å². The van der Waals surface area contributed by atoms with Gasteiger partial charge in [-0.1, -0.05) is 108 Å².